The first-order valence-electron chi connectivity index (χ1n) is 8.38. The van der Waals surface area contributed by atoms with Crippen LogP contribution in [0, 0.1) is 34.6 Å². The van der Waals surface area contributed by atoms with E-state index in [0.717, 1.165) is 30.1 Å². The molecule has 2 heterocycles. The van der Waals surface area contributed by atoms with Gasteiger partial charge >= 0.3 is 0 Å². The molecular formula is C19H25N3O2. The summed E-state index contributed by atoms with van der Waals surface area (Å²) in [5.41, 5.74) is 5.69. The molecule has 128 valence electrons. The van der Waals surface area contributed by atoms with E-state index in [1.54, 1.807) is 0 Å². The van der Waals surface area contributed by atoms with Gasteiger partial charge in [-0.2, -0.15) is 4.98 Å². The summed E-state index contributed by atoms with van der Waals surface area (Å²) in [6.45, 7) is 11.6. The van der Waals surface area contributed by atoms with Gasteiger partial charge in [0.05, 0.1) is 18.8 Å². The van der Waals surface area contributed by atoms with E-state index in [2.05, 4.69) is 48.2 Å². The zero-order valence-corrected chi connectivity index (χ0v) is 15.1. The Balaban J connectivity index is 1.92. The van der Waals surface area contributed by atoms with Crippen LogP contribution in [-0.2, 0) is 4.74 Å². The van der Waals surface area contributed by atoms with Crippen LogP contribution in [-0.4, -0.2) is 29.3 Å². The van der Waals surface area contributed by atoms with Crippen molar-refractivity contribution in [1.29, 1.82) is 0 Å². The molecule has 1 aliphatic rings. The molecule has 5 nitrogen and oxygen atoms in total. The minimum absolute atomic E-state index is 0.0775. The van der Waals surface area contributed by atoms with Gasteiger partial charge in [-0.25, -0.2) is 4.98 Å². The first kappa shape index (κ1) is 16.7. The third-order valence-electron chi connectivity index (χ3n) is 4.30. The summed E-state index contributed by atoms with van der Waals surface area (Å²) < 4.78 is 11.4. The molecular weight excluding hydrogens is 302 g/mol. The van der Waals surface area contributed by atoms with Crippen LogP contribution in [0.15, 0.2) is 12.1 Å². The first-order valence-corrected chi connectivity index (χ1v) is 8.38. The number of nitrogens with zero attached hydrogens (tertiary/aromatic N) is 2. The molecule has 5 heteroatoms. The lowest BCUT2D eigenvalue weighted by Gasteiger charge is -2.18. The Morgan fingerprint density at radius 3 is 2.42 bits per heavy atom. The zero-order chi connectivity index (χ0) is 17.3. The second-order valence-electron chi connectivity index (χ2n) is 6.55. The summed E-state index contributed by atoms with van der Waals surface area (Å²) in [4.78, 5) is 9.04. The molecule has 0 aliphatic carbocycles. The molecule has 1 aromatic heterocycles. The number of aryl methyl sites for hydroxylation is 4. The van der Waals surface area contributed by atoms with Crippen molar-refractivity contribution in [3.63, 3.8) is 0 Å². The molecule has 1 fully saturated rings. The molecule has 2 aromatic rings. The van der Waals surface area contributed by atoms with Crippen LogP contribution in [0.2, 0.25) is 0 Å². The van der Waals surface area contributed by atoms with E-state index in [4.69, 9.17) is 9.47 Å². The second-order valence-corrected chi connectivity index (χ2v) is 6.55. The number of rotatable bonds is 4. The molecule has 24 heavy (non-hydrogen) atoms. The second kappa shape index (κ2) is 6.77. The molecule has 1 atom stereocenters. The van der Waals surface area contributed by atoms with Gasteiger partial charge in [0.25, 0.3) is 0 Å². The third-order valence-corrected chi connectivity index (χ3v) is 4.30. The largest absolute Gasteiger partial charge is 0.471 e. The zero-order valence-electron chi connectivity index (χ0n) is 15.1. The van der Waals surface area contributed by atoms with Crippen molar-refractivity contribution in [3.05, 3.63) is 40.2 Å². The van der Waals surface area contributed by atoms with E-state index in [0.29, 0.717) is 18.3 Å². The van der Waals surface area contributed by atoms with Gasteiger partial charge in [-0.3, -0.25) is 0 Å². The number of nitrogens with one attached hydrogen (secondary N) is 1. The molecule has 3 rings (SSSR count). The van der Waals surface area contributed by atoms with E-state index >= 15 is 0 Å². The molecule has 1 unspecified atom stereocenters. The minimum atomic E-state index is 0.0775. The maximum Gasteiger partial charge on any atom is 0.222 e. The lowest BCUT2D eigenvalue weighted by Crippen LogP contribution is -2.18. The van der Waals surface area contributed by atoms with E-state index < -0.39 is 0 Å². The van der Waals surface area contributed by atoms with E-state index in [1.807, 2.05) is 13.8 Å². The maximum absolute atomic E-state index is 6.03. The average Bonchev–Trinajstić information content (AvgIpc) is 3.00. The van der Waals surface area contributed by atoms with Crippen molar-refractivity contribution >= 4 is 11.5 Å². The summed E-state index contributed by atoms with van der Waals surface area (Å²) >= 11 is 0. The highest BCUT2D eigenvalue weighted by Crippen LogP contribution is 2.30. The van der Waals surface area contributed by atoms with Gasteiger partial charge in [0.2, 0.25) is 5.88 Å². The van der Waals surface area contributed by atoms with Crippen molar-refractivity contribution in [1.82, 2.24) is 9.97 Å². The van der Waals surface area contributed by atoms with Crippen LogP contribution in [0.1, 0.15) is 34.5 Å². The Hall–Kier alpha value is -2.14. The molecule has 0 amide bonds. The number of ether oxygens (including phenoxy) is 2. The molecule has 1 N–H and O–H groups in total. The minimum Gasteiger partial charge on any atom is -0.471 e. The SMILES string of the molecule is Cc1cc(C)c(Nc2nc(C)nc(OC3CCOC3)c2C)c(C)c1. The fraction of sp³-hybridized carbons (Fsp3) is 0.474. The highest BCUT2D eigenvalue weighted by Gasteiger charge is 2.21. The monoisotopic (exact) mass is 327 g/mol. The van der Waals surface area contributed by atoms with E-state index in [-0.39, 0.29) is 6.10 Å². The number of hydrogen-bond acceptors (Lipinski definition) is 5. The predicted octanol–water partition coefficient (Wildman–Crippen LogP) is 3.93. The van der Waals surface area contributed by atoms with Gasteiger partial charge in [-0.1, -0.05) is 17.7 Å². The molecule has 0 saturated carbocycles. The van der Waals surface area contributed by atoms with Crippen LogP contribution in [0.25, 0.3) is 0 Å². The number of anilines is 2. The van der Waals surface area contributed by atoms with Crippen LogP contribution in [0.3, 0.4) is 0 Å². The van der Waals surface area contributed by atoms with Crippen LogP contribution < -0.4 is 10.1 Å². The smallest absolute Gasteiger partial charge is 0.222 e. The van der Waals surface area contributed by atoms with Crippen molar-refractivity contribution in [2.45, 2.75) is 47.1 Å². The fourth-order valence-corrected chi connectivity index (χ4v) is 3.10. The summed E-state index contributed by atoms with van der Waals surface area (Å²) in [5.74, 6) is 2.13. The Bertz CT molecular complexity index is 730. The number of benzene rings is 1. The fourth-order valence-electron chi connectivity index (χ4n) is 3.10. The Kier molecular flexibility index (Phi) is 4.71. The quantitative estimate of drug-likeness (QED) is 0.922. The third kappa shape index (κ3) is 3.51. The highest BCUT2D eigenvalue weighted by atomic mass is 16.5. The molecule has 1 saturated heterocycles. The standard InChI is InChI=1S/C19H25N3O2/c1-11-8-12(2)17(13(3)9-11)22-18-14(4)19(21-15(5)20-18)24-16-6-7-23-10-16/h8-9,16H,6-7,10H2,1-5H3,(H,20,21,22). The van der Waals surface area contributed by atoms with Crippen LogP contribution in [0.5, 0.6) is 5.88 Å². The normalized spacial score (nSPS) is 17.1. The lowest BCUT2D eigenvalue weighted by atomic mass is 10.0. The van der Waals surface area contributed by atoms with Gasteiger partial charge in [0.15, 0.2) is 0 Å². The highest BCUT2D eigenvalue weighted by molar-refractivity contribution is 5.67. The van der Waals surface area contributed by atoms with Crippen molar-refractivity contribution in [2.75, 3.05) is 18.5 Å². The van der Waals surface area contributed by atoms with Crippen LogP contribution in [0.4, 0.5) is 11.5 Å². The topological polar surface area (TPSA) is 56.3 Å². The Morgan fingerprint density at radius 2 is 1.79 bits per heavy atom. The molecule has 1 aliphatic heterocycles. The predicted molar refractivity (Wildman–Crippen MR) is 95.3 cm³/mol. The summed E-state index contributed by atoms with van der Waals surface area (Å²) in [7, 11) is 0. The first-order chi connectivity index (χ1) is 11.4. The van der Waals surface area contributed by atoms with Gasteiger partial charge in [-0.05, 0) is 45.7 Å². The van der Waals surface area contributed by atoms with Crippen molar-refractivity contribution in [3.8, 4) is 5.88 Å². The van der Waals surface area contributed by atoms with Gasteiger partial charge in [0, 0.05) is 12.1 Å². The van der Waals surface area contributed by atoms with Crippen molar-refractivity contribution in [2.24, 2.45) is 0 Å². The number of hydrogen-bond donors (Lipinski definition) is 1. The molecule has 1 aromatic carbocycles. The molecule has 0 radical (unpaired) electrons. The van der Waals surface area contributed by atoms with Gasteiger partial charge in [-0.15, -0.1) is 0 Å². The Morgan fingerprint density at radius 1 is 1.08 bits per heavy atom. The summed E-state index contributed by atoms with van der Waals surface area (Å²) in [5, 5.41) is 3.48. The van der Waals surface area contributed by atoms with Crippen molar-refractivity contribution < 1.29 is 9.47 Å². The summed E-state index contributed by atoms with van der Waals surface area (Å²) in [6, 6.07) is 4.35. The molecule has 0 spiro atoms. The van der Waals surface area contributed by atoms with Crippen LogP contribution >= 0.6 is 0 Å². The Labute approximate surface area is 143 Å². The average molecular weight is 327 g/mol. The maximum atomic E-state index is 6.03. The van der Waals surface area contributed by atoms with E-state index in [9.17, 15) is 0 Å². The van der Waals surface area contributed by atoms with E-state index in [1.165, 1.54) is 16.7 Å². The van der Waals surface area contributed by atoms with Gasteiger partial charge < -0.3 is 14.8 Å². The molecule has 0 bridgehead atoms. The summed E-state index contributed by atoms with van der Waals surface area (Å²) in [6.07, 6.45) is 0.982. The number of aromatic nitrogens is 2. The lowest BCUT2D eigenvalue weighted by molar-refractivity contribution is 0.137. The van der Waals surface area contributed by atoms with Gasteiger partial charge in [0.1, 0.15) is 17.7 Å².